The van der Waals surface area contributed by atoms with E-state index in [4.69, 9.17) is 5.73 Å². The number of hydrogen-bond donors (Lipinski definition) is 2. The van der Waals surface area contributed by atoms with Crippen LogP contribution in [0, 0.1) is 13.8 Å². The fraction of sp³-hybridized carbons (Fsp3) is 0.625. The molecule has 1 aromatic carbocycles. The van der Waals surface area contributed by atoms with Crippen molar-refractivity contribution >= 4 is 0 Å². The van der Waals surface area contributed by atoms with Crippen LogP contribution in [0.2, 0.25) is 0 Å². The molecule has 1 fully saturated rings. The van der Waals surface area contributed by atoms with Crippen molar-refractivity contribution in [3.05, 3.63) is 34.9 Å². The maximum Gasteiger partial charge on any atom is 0.00683 e. The minimum absolute atomic E-state index is 0.446. The highest BCUT2D eigenvalue weighted by Gasteiger charge is 2.17. The van der Waals surface area contributed by atoms with Crippen molar-refractivity contribution in [2.75, 3.05) is 6.54 Å². The fourth-order valence-corrected chi connectivity index (χ4v) is 2.80. The molecule has 2 nitrogen and oxygen atoms in total. The van der Waals surface area contributed by atoms with Crippen molar-refractivity contribution < 1.29 is 0 Å². The van der Waals surface area contributed by atoms with Gasteiger partial charge >= 0.3 is 0 Å². The van der Waals surface area contributed by atoms with Crippen LogP contribution in [-0.4, -0.2) is 18.6 Å². The van der Waals surface area contributed by atoms with Crippen molar-refractivity contribution in [3.8, 4) is 0 Å². The van der Waals surface area contributed by atoms with Crippen molar-refractivity contribution in [2.45, 2.75) is 58.0 Å². The van der Waals surface area contributed by atoms with Gasteiger partial charge in [-0.25, -0.2) is 0 Å². The van der Waals surface area contributed by atoms with Gasteiger partial charge in [0.05, 0.1) is 0 Å². The van der Waals surface area contributed by atoms with Crippen molar-refractivity contribution in [3.63, 3.8) is 0 Å². The van der Waals surface area contributed by atoms with Crippen LogP contribution in [0.1, 0.15) is 42.4 Å². The van der Waals surface area contributed by atoms with E-state index in [1.165, 1.54) is 42.4 Å². The number of aryl methyl sites for hydroxylation is 2. The average molecular weight is 246 g/mol. The number of benzene rings is 1. The molecule has 18 heavy (non-hydrogen) atoms. The van der Waals surface area contributed by atoms with Gasteiger partial charge in [-0.05, 0) is 63.6 Å². The molecule has 0 bridgehead atoms. The van der Waals surface area contributed by atoms with E-state index < -0.39 is 0 Å². The quantitative estimate of drug-likeness (QED) is 0.857. The zero-order valence-electron chi connectivity index (χ0n) is 11.7. The van der Waals surface area contributed by atoms with Crippen LogP contribution in [0.25, 0.3) is 0 Å². The van der Waals surface area contributed by atoms with E-state index >= 15 is 0 Å². The van der Waals surface area contributed by atoms with Gasteiger partial charge in [-0.15, -0.1) is 0 Å². The van der Waals surface area contributed by atoms with Crippen LogP contribution in [0.5, 0.6) is 0 Å². The maximum absolute atomic E-state index is 5.93. The number of nitrogens with two attached hydrogens (primary N) is 1. The molecule has 3 N–H and O–H groups in total. The van der Waals surface area contributed by atoms with Crippen LogP contribution in [0.3, 0.4) is 0 Å². The van der Waals surface area contributed by atoms with Crippen LogP contribution in [0.4, 0.5) is 0 Å². The van der Waals surface area contributed by atoms with Gasteiger partial charge < -0.3 is 11.1 Å². The topological polar surface area (TPSA) is 38.0 Å². The molecule has 0 aromatic heterocycles. The summed E-state index contributed by atoms with van der Waals surface area (Å²) in [5.74, 6) is 0. The summed E-state index contributed by atoms with van der Waals surface area (Å²) in [4.78, 5) is 0. The third-order valence-electron chi connectivity index (χ3n) is 4.10. The Bertz CT molecular complexity index is 379. The summed E-state index contributed by atoms with van der Waals surface area (Å²) in [5, 5.41) is 3.68. The van der Waals surface area contributed by atoms with E-state index in [2.05, 4.69) is 37.4 Å². The molecule has 2 heteroatoms. The van der Waals surface area contributed by atoms with Gasteiger partial charge in [0.25, 0.3) is 0 Å². The summed E-state index contributed by atoms with van der Waals surface area (Å²) < 4.78 is 0. The Hall–Kier alpha value is -0.860. The van der Waals surface area contributed by atoms with Gasteiger partial charge in [0.15, 0.2) is 0 Å². The van der Waals surface area contributed by atoms with Crippen molar-refractivity contribution in [1.29, 1.82) is 0 Å². The molecule has 0 amide bonds. The molecule has 1 saturated carbocycles. The van der Waals surface area contributed by atoms with E-state index in [0.717, 1.165) is 13.0 Å². The molecule has 0 spiro atoms. The molecule has 1 aromatic rings. The molecule has 0 atom stereocenters. The zero-order chi connectivity index (χ0) is 13.0. The fourth-order valence-electron chi connectivity index (χ4n) is 2.80. The van der Waals surface area contributed by atoms with Gasteiger partial charge in [-0.1, -0.05) is 23.8 Å². The lowest BCUT2D eigenvalue weighted by Crippen LogP contribution is -2.38. The van der Waals surface area contributed by atoms with E-state index in [-0.39, 0.29) is 0 Å². The number of hydrogen-bond acceptors (Lipinski definition) is 2. The van der Waals surface area contributed by atoms with Gasteiger partial charge in [0.2, 0.25) is 0 Å². The molecule has 1 aliphatic carbocycles. The Labute approximate surface area is 111 Å². The third-order valence-corrected chi connectivity index (χ3v) is 4.10. The first-order valence-electron chi connectivity index (χ1n) is 7.20. The van der Waals surface area contributed by atoms with Crippen LogP contribution < -0.4 is 11.1 Å². The minimum atomic E-state index is 0.446. The Morgan fingerprint density at radius 2 is 1.89 bits per heavy atom. The monoisotopic (exact) mass is 246 g/mol. The molecule has 0 radical (unpaired) electrons. The van der Waals surface area contributed by atoms with E-state index in [0.29, 0.717) is 12.1 Å². The van der Waals surface area contributed by atoms with Gasteiger partial charge in [-0.2, -0.15) is 0 Å². The summed E-state index contributed by atoms with van der Waals surface area (Å²) in [6.07, 6.45) is 5.99. The minimum Gasteiger partial charge on any atom is -0.328 e. The van der Waals surface area contributed by atoms with E-state index in [9.17, 15) is 0 Å². The first-order chi connectivity index (χ1) is 8.65. The average Bonchev–Trinajstić information content (AvgIpc) is 2.36. The summed E-state index contributed by atoms with van der Waals surface area (Å²) >= 11 is 0. The van der Waals surface area contributed by atoms with Gasteiger partial charge in [-0.3, -0.25) is 0 Å². The second-order valence-electron chi connectivity index (χ2n) is 5.75. The largest absolute Gasteiger partial charge is 0.328 e. The lowest BCUT2D eigenvalue weighted by molar-refractivity contribution is 0.344. The van der Waals surface area contributed by atoms with Crippen molar-refractivity contribution in [1.82, 2.24) is 5.32 Å². The summed E-state index contributed by atoms with van der Waals surface area (Å²) in [5.41, 5.74) is 10.2. The maximum atomic E-state index is 5.93. The smallest absolute Gasteiger partial charge is 0.00683 e. The summed E-state index contributed by atoms with van der Waals surface area (Å²) in [6, 6.07) is 7.87. The molecule has 0 saturated heterocycles. The first-order valence-corrected chi connectivity index (χ1v) is 7.20. The van der Waals surface area contributed by atoms with E-state index in [1.807, 2.05) is 0 Å². The van der Waals surface area contributed by atoms with Crippen LogP contribution >= 0.6 is 0 Å². The Morgan fingerprint density at radius 3 is 2.61 bits per heavy atom. The number of nitrogens with one attached hydrogen (secondary N) is 1. The first kappa shape index (κ1) is 13.6. The van der Waals surface area contributed by atoms with Gasteiger partial charge in [0, 0.05) is 12.1 Å². The predicted octanol–water partition coefficient (Wildman–Crippen LogP) is 2.71. The standard InChI is InChI=1S/C16H26N2/c1-12-3-4-13(2)14(11-12)9-10-18-16-7-5-15(17)6-8-16/h3-4,11,15-16,18H,5-10,17H2,1-2H3. The van der Waals surface area contributed by atoms with Crippen LogP contribution in [-0.2, 0) is 6.42 Å². The molecule has 0 unspecified atom stereocenters. The highest BCUT2D eigenvalue weighted by Crippen LogP contribution is 2.17. The Kier molecular flexibility index (Phi) is 4.79. The van der Waals surface area contributed by atoms with Crippen molar-refractivity contribution in [2.24, 2.45) is 5.73 Å². The SMILES string of the molecule is Cc1ccc(C)c(CCNC2CCC(N)CC2)c1. The molecular formula is C16H26N2. The molecule has 100 valence electrons. The highest BCUT2D eigenvalue weighted by atomic mass is 14.9. The third kappa shape index (κ3) is 3.82. The second-order valence-corrected chi connectivity index (χ2v) is 5.75. The molecular weight excluding hydrogens is 220 g/mol. The molecule has 1 aliphatic rings. The van der Waals surface area contributed by atoms with Gasteiger partial charge in [0.1, 0.15) is 0 Å². The lowest BCUT2D eigenvalue weighted by Gasteiger charge is -2.27. The Morgan fingerprint density at radius 1 is 1.17 bits per heavy atom. The summed E-state index contributed by atoms with van der Waals surface area (Å²) in [6.45, 7) is 5.46. The molecule has 0 aliphatic heterocycles. The zero-order valence-corrected chi connectivity index (χ0v) is 11.7. The predicted molar refractivity (Wildman–Crippen MR) is 77.9 cm³/mol. The summed E-state index contributed by atoms with van der Waals surface area (Å²) in [7, 11) is 0. The molecule has 2 rings (SSSR count). The van der Waals surface area contributed by atoms with Crippen LogP contribution in [0.15, 0.2) is 18.2 Å². The Balaban J connectivity index is 1.76. The molecule has 0 heterocycles. The lowest BCUT2D eigenvalue weighted by atomic mass is 9.91. The number of rotatable bonds is 4. The second kappa shape index (κ2) is 6.35. The highest BCUT2D eigenvalue weighted by molar-refractivity contribution is 5.30. The normalized spacial score (nSPS) is 24.2. The van der Waals surface area contributed by atoms with E-state index in [1.54, 1.807) is 0 Å².